The van der Waals surface area contributed by atoms with Crippen LogP contribution >= 0.6 is 0 Å². The molecule has 0 N–H and O–H groups in total. The van der Waals surface area contributed by atoms with Crippen LogP contribution in [0.5, 0.6) is 11.5 Å². The summed E-state index contributed by atoms with van der Waals surface area (Å²) in [6.45, 7) is 12.3. The van der Waals surface area contributed by atoms with E-state index in [0.29, 0.717) is 0 Å². The monoisotopic (exact) mass is 406 g/mol. The molecule has 0 amide bonds. The number of morpholine rings is 1. The van der Waals surface area contributed by atoms with Crippen molar-refractivity contribution in [2.24, 2.45) is 4.99 Å². The number of ether oxygens (including phenoxy) is 2. The fourth-order valence-corrected chi connectivity index (χ4v) is 4.37. The molecule has 158 valence electrons. The average Bonchev–Trinajstić information content (AvgIpc) is 2.95. The highest BCUT2D eigenvalue weighted by Gasteiger charge is 2.26. The van der Waals surface area contributed by atoms with Crippen LogP contribution in [0.15, 0.2) is 47.5 Å². The standard InChI is InChI=1S/C24H30N4O2/c1-19-6-7-22-20(18-19)24(25-21-4-2-3-5-23(21)30-22)28-12-10-26(11-13-28)8-9-27-14-16-29-17-15-27/h2-7,18H,8-17H2,1H3. The number of nitrogens with zero attached hydrogens (tertiary/aromatic N) is 4. The third kappa shape index (κ3) is 4.21. The second kappa shape index (κ2) is 8.76. The molecular formula is C24H30N4O2. The molecular weight excluding hydrogens is 376 g/mol. The van der Waals surface area contributed by atoms with E-state index in [1.807, 2.05) is 24.3 Å². The van der Waals surface area contributed by atoms with Gasteiger partial charge in [-0.3, -0.25) is 9.80 Å². The Bertz CT molecular complexity index is 915. The predicted octanol–water partition coefficient (Wildman–Crippen LogP) is 3.13. The van der Waals surface area contributed by atoms with E-state index in [-0.39, 0.29) is 0 Å². The maximum Gasteiger partial charge on any atom is 0.153 e. The molecule has 0 spiro atoms. The van der Waals surface area contributed by atoms with Gasteiger partial charge >= 0.3 is 0 Å². The zero-order valence-corrected chi connectivity index (χ0v) is 17.7. The van der Waals surface area contributed by atoms with Crippen LogP contribution < -0.4 is 4.74 Å². The van der Waals surface area contributed by atoms with Gasteiger partial charge in [-0.2, -0.15) is 0 Å². The molecule has 0 aromatic heterocycles. The number of fused-ring (bicyclic) bond motifs is 2. The number of piperazine rings is 1. The Morgan fingerprint density at radius 3 is 2.37 bits per heavy atom. The van der Waals surface area contributed by atoms with Crippen LogP contribution in [0.4, 0.5) is 5.69 Å². The average molecular weight is 407 g/mol. The van der Waals surface area contributed by atoms with Crippen LogP contribution in [-0.4, -0.2) is 86.1 Å². The van der Waals surface area contributed by atoms with Crippen molar-refractivity contribution in [3.8, 4) is 11.5 Å². The van der Waals surface area contributed by atoms with E-state index in [1.54, 1.807) is 0 Å². The molecule has 0 aliphatic carbocycles. The van der Waals surface area contributed by atoms with E-state index in [4.69, 9.17) is 14.5 Å². The SMILES string of the molecule is Cc1ccc2c(c1)C(N1CCN(CCN3CCOCC3)CC1)=Nc1ccccc1O2. The summed E-state index contributed by atoms with van der Waals surface area (Å²) in [7, 11) is 0. The van der Waals surface area contributed by atoms with Crippen molar-refractivity contribution in [1.29, 1.82) is 0 Å². The Hall–Kier alpha value is -2.41. The summed E-state index contributed by atoms with van der Waals surface area (Å²) in [4.78, 5) is 12.6. The van der Waals surface area contributed by atoms with Crippen LogP contribution in [0.1, 0.15) is 11.1 Å². The van der Waals surface area contributed by atoms with Gasteiger partial charge in [0.2, 0.25) is 0 Å². The number of aliphatic imine (C=N–C) groups is 1. The minimum atomic E-state index is 0.821. The molecule has 3 aliphatic heterocycles. The molecule has 3 heterocycles. The number of rotatable bonds is 3. The number of benzene rings is 2. The predicted molar refractivity (Wildman–Crippen MR) is 119 cm³/mol. The fourth-order valence-electron chi connectivity index (χ4n) is 4.37. The molecule has 2 saturated heterocycles. The molecule has 2 fully saturated rings. The van der Waals surface area contributed by atoms with E-state index in [0.717, 1.165) is 94.2 Å². The first kappa shape index (κ1) is 19.5. The number of hydrogen-bond donors (Lipinski definition) is 0. The molecule has 2 aromatic rings. The maximum atomic E-state index is 6.24. The largest absolute Gasteiger partial charge is 0.454 e. The van der Waals surface area contributed by atoms with Gasteiger partial charge in [0.15, 0.2) is 5.75 Å². The third-order valence-corrected chi connectivity index (χ3v) is 6.20. The van der Waals surface area contributed by atoms with Crippen molar-refractivity contribution in [3.05, 3.63) is 53.6 Å². The van der Waals surface area contributed by atoms with Gasteiger partial charge in [0, 0.05) is 52.4 Å². The molecule has 30 heavy (non-hydrogen) atoms. The van der Waals surface area contributed by atoms with Crippen molar-refractivity contribution in [2.75, 3.05) is 65.6 Å². The van der Waals surface area contributed by atoms with E-state index in [2.05, 4.69) is 39.8 Å². The van der Waals surface area contributed by atoms with Crippen LogP contribution in [0.25, 0.3) is 0 Å². The van der Waals surface area contributed by atoms with Crippen molar-refractivity contribution < 1.29 is 9.47 Å². The van der Waals surface area contributed by atoms with Crippen molar-refractivity contribution in [2.45, 2.75) is 6.92 Å². The second-order valence-electron chi connectivity index (χ2n) is 8.29. The van der Waals surface area contributed by atoms with Gasteiger partial charge in [0.05, 0.1) is 18.8 Å². The highest BCUT2D eigenvalue weighted by Crippen LogP contribution is 2.38. The zero-order valence-electron chi connectivity index (χ0n) is 17.7. The Morgan fingerprint density at radius 2 is 1.57 bits per heavy atom. The molecule has 3 aliphatic rings. The topological polar surface area (TPSA) is 40.5 Å². The van der Waals surface area contributed by atoms with E-state index in [1.165, 1.54) is 5.56 Å². The smallest absolute Gasteiger partial charge is 0.153 e. The lowest BCUT2D eigenvalue weighted by Gasteiger charge is -2.37. The van der Waals surface area contributed by atoms with Crippen molar-refractivity contribution in [3.63, 3.8) is 0 Å². The number of aryl methyl sites for hydroxylation is 1. The van der Waals surface area contributed by atoms with Gasteiger partial charge in [-0.15, -0.1) is 0 Å². The summed E-state index contributed by atoms with van der Waals surface area (Å²) in [5.74, 6) is 2.74. The van der Waals surface area contributed by atoms with Crippen LogP contribution in [0.2, 0.25) is 0 Å². The zero-order chi connectivity index (χ0) is 20.3. The van der Waals surface area contributed by atoms with E-state index in [9.17, 15) is 0 Å². The molecule has 0 radical (unpaired) electrons. The summed E-state index contributed by atoms with van der Waals surface area (Å²) in [5, 5.41) is 0. The van der Waals surface area contributed by atoms with Gasteiger partial charge in [0.25, 0.3) is 0 Å². The third-order valence-electron chi connectivity index (χ3n) is 6.20. The summed E-state index contributed by atoms with van der Waals surface area (Å²) in [5.41, 5.74) is 3.21. The first-order chi connectivity index (χ1) is 14.8. The maximum absolute atomic E-state index is 6.24. The summed E-state index contributed by atoms with van der Waals surface area (Å²) >= 11 is 0. The Kier molecular flexibility index (Phi) is 5.71. The van der Waals surface area contributed by atoms with Gasteiger partial charge < -0.3 is 14.4 Å². The van der Waals surface area contributed by atoms with Gasteiger partial charge in [-0.1, -0.05) is 23.8 Å². The molecule has 0 unspecified atom stereocenters. The van der Waals surface area contributed by atoms with E-state index >= 15 is 0 Å². The van der Waals surface area contributed by atoms with Gasteiger partial charge in [-0.05, 0) is 31.2 Å². The number of hydrogen-bond acceptors (Lipinski definition) is 6. The number of amidine groups is 1. The quantitative estimate of drug-likeness (QED) is 0.783. The van der Waals surface area contributed by atoms with E-state index < -0.39 is 0 Å². The normalized spacial score (nSPS) is 20.0. The summed E-state index contributed by atoms with van der Waals surface area (Å²) in [6.07, 6.45) is 0. The lowest BCUT2D eigenvalue weighted by Crippen LogP contribution is -2.51. The number of para-hydroxylation sites is 2. The fraction of sp³-hybridized carbons (Fsp3) is 0.458. The molecule has 0 atom stereocenters. The Labute approximate surface area is 178 Å². The lowest BCUT2D eigenvalue weighted by atomic mass is 10.1. The summed E-state index contributed by atoms with van der Waals surface area (Å²) < 4.78 is 11.7. The van der Waals surface area contributed by atoms with Gasteiger partial charge in [-0.25, -0.2) is 4.99 Å². The van der Waals surface area contributed by atoms with Crippen molar-refractivity contribution >= 4 is 11.5 Å². The second-order valence-corrected chi connectivity index (χ2v) is 8.29. The Morgan fingerprint density at radius 1 is 0.833 bits per heavy atom. The first-order valence-corrected chi connectivity index (χ1v) is 11.0. The molecule has 2 aromatic carbocycles. The minimum absolute atomic E-state index is 0.821. The Balaban J connectivity index is 1.31. The van der Waals surface area contributed by atoms with Crippen molar-refractivity contribution in [1.82, 2.24) is 14.7 Å². The minimum Gasteiger partial charge on any atom is -0.454 e. The van der Waals surface area contributed by atoms with Crippen LogP contribution in [0, 0.1) is 6.92 Å². The molecule has 0 bridgehead atoms. The van der Waals surface area contributed by atoms with Crippen LogP contribution in [-0.2, 0) is 4.74 Å². The molecule has 6 nitrogen and oxygen atoms in total. The molecule has 6 heteroatoms. The van der Waals surface area contributed by atoms with Gasteiger partial charge in [0.1, 0.15) is 17.3 Å². The highest BCUT2D eigenvalue weighted by molar-refractivity contribution is 6.04. The molecule has 5 rings (SSSR count). The lowest BCUT2D eigenvalue weighted by molar-refractivity contribution is 0.0315. The highest BCUT2D eigenvalue weighted by atomic mass is 16.5. The first-order valence-electron chi connectivity index (χ1n) is 11.0. The van der Waals surface area contributed by atoms with Crippen LogP contribution in [0.3, 0.4) is 0 Å². The molecule has 0 saturated carbocycles. The summed E-state index contributed by atoms with van der Waals surface area (Å²) in [6, 6.07) is 14.4.